The van der Waals surface area contributed by atoms with Crippen molar-refractivity contribution in [3.8, 4) is 0 Å². The molecule has 3 aromatic rings. The number of aromatic nitrogens is 3. The van der Waals surface area contributed by atoms with Crippen LogP contribution in [0.1, 0.15) is 5.56 Å². The minimum Gasteiger partial charge on any atom is -0.262 e. The summed E-state index contributed by atoms with van der Waals surface area (Å²) in [5.74, 6) is -0.00535. The average Bonchev–Trinajstić information content (AvgIpc) is 2.97. The number of fused-ring (bicyclic) bond motifs is 1. The van der Waals surface area contributed by atoms with Crippen LogP contribution in [0.3, 0.4) is 0 Å². The van der Waals surface area contributed by atoms with Gasteiger partial charge in [-0.2, -0.15) is 4.68 Å². The van der Waals surface area contributed by atoms with E-state index in [1.165, 1.54) is 4.68 Å². The van der Waals surface area contributed by atoms with Crippen LogP contribution >= 0.6 is 11.6 Å². The number of para-hydroxylation sites is 1. The van der Waals surface area contributed by atoms with Gasteiger partial charge in [0.25, 0.3) is 0 Å². The Morgan fingerprint density at radius 3 is 2.65 bits per heavy atom. The predicted octanol–water partition coefficient (Wildman–Crippen LogP) is 3.16. The molecule has 1 atom stereocenters. The van der Waals surface area contributed by atoms with E-state index < -0.39 is 10.4 Å². The number of aryl methyl sites for hydroxylation is 1. The lowest BCUT2D eigenvalue weighted by molar-refractivity contribution is -0.480. The normalized spacial score (nSPS) is 13.2. The lowest BCUT2D eigenvalue weighted by Crippen LogP contribution is -2.30. The summed E-state index contributed by atoms with van der Waals surface area (Å²) in [6.45, 7) is 1.95. The number of halogens is 1. The summed E-state index contributed by atoms with van der Waals surface area (Å²) >= 11 is 5.94. The van der Waals surface area contributed by atoms with Gasteiger partial charge in [0.2, 0.25) is 5.84 Å². The fourth-order valence-electron chi connectivity index (χ4n) is 2.09. The lowest BCUT2D eigenvalue weighted by Gasteiger charge is -2.07. The van der Waals surface area contributed by atoms with Crippen molar-refractivity contribution in [1.82, 2.24) is 15.0 Å². The molecule has 0 aliphatic carbocycles. The van der Waals surface area contributed by atoms with E-state index in [4.69, 9.17) is 11.6 Å². The Hall–Kier alpha value is -2.80. The van der Waals surface area contributed by atoms with Gasteiger partial charge in [0.1, 0.15) is 5.52 Å². The number of rotatable bonds is 3. The maximum absolute atomic E-state index is 11.1. The van der Waals surface area contributed by atoms with E-state index in [1.54, 1.807) is 30.3 Å². The molecule has 23 heavy (non-hydrogen) atoms. The Kier molecular flexibility index (Phi) is 4.03. The Labute approximate surface area is 136 Å². The van der Waals surface area contributed by atoms with Crippen molar-refractivity contribution in [2.75, 3.05) is 0 Å². The third kappa shape index (κ3) is 3.04. The number of hydrogen-bond acceptors (Lipinski definition) is 5. The number of nitrogens with zero attached hydrogens (tertiary/aromatic N) is 5. The van der Waals surface area contributed by atoms with Crippen LogP contribution < -0.4 is 0 Å². The molecule has 0 fully saturated rings. The smallest absolute Gasteiger partial charge is 0.262 e. The molecule has 0 aliphatic rings. The Morgan fingerprint density at radius 2 is 1.96 bits per heavy atom. The number of aliphatic imine (C=N–C) groups is 1. The second kappa shape index (κ2) is 6.13. The monoisotopic (exact) mass is 329 g/mol. The highest BCUT2D eigenvalue weighted by Gasteiger charge is 2.28. The number of hydrogen-bond donors (Lipinski definition) is 0. The molecule has 7 nitrogen and oxygen atoms in total. The van der Waals surface area contributed by atoms with Gasteiger partial charge in [-0.15, -0.1) is 5.10 Å². The van der Waals surface area contributed by atoms with Crippen molar-refractivity contribution in [1.29, 1.82) is 0 Å². The molecular weight excluding hydrogens is 318 g/mol. The molecule has 2 aromatic carbocycles. The highest BCUT2D eigenvalue weighted by Crippen LogP contribution is 2.18. The molecule has 0 saturated carbocycles. The number of alkyl halides is 1. The summed E-state index contributed by atoms with van der Waals surface area (Å²) in [7, 11) is 0. The second-order valence-electron chi connectivity index (χ2n) is 4.92. The molecule has 116 valence electrons. The molecular formula is C15H12ClN5O2. The molecule has 0 saturated heterocycles. The molecule has 1 unspecified atom stereocenters. The standard InChI is InChI=1S/C15H12ClN5O2/c1-10-6-8-11(9-7-10)17-15(14(16)21(22)23)20-13-5-3-2-4-12(13)18-19-20/h2-9,14H,1H3. The summed E-state index contributed by atoms with van der Waals surface area (Å²) in [5.41, 5.74) is 1.29. The van der Waals surface area contributed by atoms with Crippen molar-refractivity contribution in [2.24, 2.45) is 4.99 Å². The van der Waals surface area contributed by atoms with Crippen LogP contribution in [0.4, 0.5) is 5.69 Å². The third-order valence-electron chi connectivity index (χ3n) is 3.24. The van der Waals surface area contributed by atoms with Gasteiger partial charge in [-0.1, -0.05) is 35.0 Å². The molecule has 0 bridgehead atoms. The van der Waals surface area contributed by atoms with E-state index in [2.05, 4.69) is 15.3 Å². The van der Waals surface area contributed by atoms with Gasteiger partial charge in [-0.05, 0) is 42.8 Å². The van der Waals surface area contributed by atoms with Crippen molar-refractivity contribution in [2.45, 2.75) is 12.4 Å². The Bertz CT molecular complexity index is 888. The van der Waals surface area contributed by atoms with E-state index in [-0.39, 0.29) is 5.84 Å². The quantitative estimate of drug-likeness (QED) is 0.184. The molecule has 1 heterocycles. The first kappa shape index (κ1) is 15.1. The summed E-state index contributed by atoms with van der Waals surface area (Å²) in [5, 5.41) is 19.1. The van der Waals surface area contributed by atoms with Gasteiger partial charge in [-0.25, -0.2) is 4.99 Å². The predicted molar refractivity (Wildman–Crippen MR) is 87.8 cm³/mol. The van der Waals surface area contributed by atoms with E-state index in [0.29, 0.717) is 16.7 Å². The highest BCUT2D eigenvalue weighted by molar-refractivity contribution is 6.31. The maximum Gasteiger partial charge on any atom is 0.345 e. The van der Waals surface area contributed by atoms with Gasteiger partial charge in [0.15, 0.2) is 0 Å². The van der Waals surface area contributed by atoms with E-state index in [0.717, 1.165) is 5.56 Å². The Balaban J connectivity index is 2.16. The van der Waals surface area contributed by atoms with Crippen molar-refractivity contribution in [3.63, 3.8) is 0 Å². The molecule has 8 heteroatoms. The van der Waals surface area contributed by atoms with E-state index >= 15 is 0 Å². The molecule has 0 radical (unpaired) electrons. The van der Waals surface area contributed by atoms with E-state index in [9.17, 15) is 10.1 Å². The van der Waals surface area contributed by atoms with Gasteiger partial charge in [0, 0.05) is 4.92 Å². The van der Waals surface area contributed by atoms with Crippen LogP contribution in [-0.4, -0.2) is 31.3 Å². The SMILES string of the molecule is Cc1ccc(N=C(C(Cl)[N+](=O)[O-])n2nnc3ccccc32)cc1. The molecule has 0 amide bonds. The Morgan fingerprint density at radius 1 is 1.26 bits per heavy atom. The summed E-state index contributed by atoms with van der Waals surface area (Å²) in [6.07, 6.45) is 0. The first-order valence-electron chi connectivity index (χ1n) is 6.80. The molecule has 0 spiro atoms. The first-order chi connectivity index (χ1) is 11.1. The minimum atomic E-state index is -1.54. The van der Waals surface area contributed by atoms with Gasteiger partial charge >= 0.3 is 5.50 Å². The fraction of sp³-hybridized carbons (Fsp3) is 0.133. The topological polar surface area (TPSA) is 86.2 Å². The lowest BCUT2D eigenvalue weighted by atomic mass is 10.2. The van der Waals surface area contributed by atoms with Crippen LogP contribution in [0.25, 0.3) is 11.0 Å². The van der Waals surface area contributed by atoms with Gasteiger partial charge in [0.05, 0.1) is 11.2 Å². The van der Waals surface area contributed by atoms with Gasteiger partial charge in [-0.3, -0.25) is 10.1 Å². The number of nitro groups is 1. The summed E-state index contributed by atoms with van der Waals surface area (Å²) < 4.78 is 1.30. The first-order valence-corrected chi connectivity index (χ1v) is 7.23. The van der Waals surface area contributed by atoms with Gasteiger partial charge < -0.3 is 0 Å². The van der Waals surface area contributed by atoms with E-state index in [1.807, 2.05) is 25.1 Å². The zero-order chi connectivity index (χ0) is 16.4. The largest absolute Gasteiger partial charge is 0.345 e. The van der Waals surface area contributed by atoms with Crippen LogP contribution in [0.15, 0.2) is 53.5 Å². The van der Waals surface area contributed by atoms with Crippen molar-refractivity contribution < 1.29 is 4.92 Å². The maximum atomic E-state index is 11.1. The third-order valence-corrected chi connectivity index (χ3v) is 3.60. The second-order valence-corrected chi connectivity index (χ2v) is 5.33. The van der Waals surface area contributed by atoms with Crippen LogP contribution in [0.2, 0.25) is 0 Å². The zero-order valence-electron chi connectivity index (χ0n) is 12.1. The number of benzene rings is 2. The minimum absolute atomic E-state index is 0.00535. The summed E-state index contributed by atoms with van der Waals surface area (Å²) in [6, 6.07) is 14.4. The fourth-order valence-corrected chi connectivity index (χ4v) is 2.23. The van der Waals surface area contributed by atoms with Crippen LogP contribution in [-0.2, 0) is 0 Å². The molecule has 0 N–H and O–H groups in total. The van der Waals surface area contributed by atoms with Crippen molar-refractivity contribution in [3.05, 3.63) is 64.2 Å². The van der Waals surface area contributed by atoms with Crippen LogP contribution in [0.5, 0.6) is 0 Å². The van der Waals surface area contributed by atoms with Crippen LogP contribution in [0, 0.1) is 17.0 Å². The molecule has 1 aromatic heterocycles. The zero-order valence-corrected chi connectivity index (χ0v) is 12.9. The molecule has 0 aliphatic heterocycles. The molecule has 3 rings (SSSR count). The summed E-state index contributed by atoms with van der Waals surface area (Å²) in [4.78, 5) is 14.8. The highest BCUT2D eigenvalue weighted by atomic mass is 35.5. The average molecular weight is 330 g/mol. The van der Waals surface area contributed by atoms with Crippen molar-refractivity contribution >= 4 is 34.2 Å².